The van der Waals surface area contributed by atoms with E-state index in [1.807, 2.05) is 6.92 Å². The molecule has 1 fully saturated rings. The predicted molar refractivity (Wildman–Crippen MR) is 52.6 cm³/mol. The zero-order valence-corrected chi connectivity index (χ0v) is 8.17. The van der Waals surface area contributed by atoms with E-state index in [-0.39, 0.29) is 30.4 Å². The first-order valence-electron chi connectivity index (χ1n) is 4.56. The monoisotopic (exact) mass is 197 g/mol. The molecule has 1 rings (SSSR count). The summed E-state index contributed by atoms with van der Waals surface area (Å²) < 4.78 is 0. The SMILES string of the molecule is C=CC(C)NC(=O)C1CNC(=O)CN1. The standard InChI is InChI=1S/C9H15N3O2/c1-3-6(2)12-9(14)7-4-11-8(13)5-10-7/h3,6-7,10H,1,4-5H2,2H3,(H,11,13)(H,12,14). The third kappa shape index (κ3) is 2.85. The molecule has 1 aliphatic rings. The summed E-state index contributed by atoms with van der Waals surface area (Å²) in [6.07, 6.45) is 1.65. The molecule has 0 aromatic rings. The van der Waals surface area contributed by atoms with Crippen molar-refractivity contribution in [1.82, 2.24) is 16.0 Å². The van der Waals surface area contributed by atoms with Crippen molar-refractivity contribution in [3.8, 4) is 0 Å². The van der Waals surface area contributed by atoms with Gasteiger partial charge < -0.3 is 10.6 Å². The number of rotatable bonds is 3. The van der Waals surface area contributed by atoms with Crippen LogP contribution in [0.15, 0.2) is 12.7 Å². The molecule has 3 N–H and O–H groups in total. The summed E-state index contributed by atoms with van der Waals surface area (Å²) in [5, 5.41) is 8.20. The number of carbonyl (C=O) groups excluding carboxylic acids is 2. The second-order valence-electron chi connectivity index (χ2n) is 3.27. The van der Waals surface area contributed by atoms with E-state index < -0.39 is 0 Å². The van der Waals surface area contributed by atoms with Crippen molar-refractivity contribution in [2.45, 2.75) is 19.0 Å². The maximum Gasteiger partial charge on any atom is 0.239 e. The minimum Gasteiger partial charge on any atom is -0.353 e. The van der Waals surface area contributed by atoms with Crippen molar-refractivity contribution < 1.29 is 9.59 Å². The molecule has 1 saturated heterocycles. The van der Waals surface area contributed by atoms with Gasteiger partial charge in [-0.25, -0.2) is 0 Å². The van der Waals surface area contributed by atoms with E-state index in [0.717, 1.165) is 0 Å². The maximum absolute atomic E-state index is 11.5. The molecule has 1 aliphatic heterocycles. The molecule has 78 valence electrons. The minimum absolute atomic E-state index is 0.0538. The molecule has 0 spiro atoms. The Balaban J connectivity index is 2.37. The van der Waals surface area contributed by atoms with Crippen LogP contribution in [0.5, 0.6) is 0 Å². The Morgan fingerprint density at radius 3 is 3.00 bits per heavy atom. The average Bonchev–Trinajstić information content (AvgIpc) is 2.18. The van der Waals surface area contributed by atoms with Crippen LogP contribution < -0.4 is 16.0 Å². The summed E-state index contributed by atoms with van der Waals surface area (Å²) in [5.41, 5.74) is 0. The first-order chi connectivity index (χ1) is 6.63. The zero-order valence-electron chi connectivity index (χ0n) is 8.17. The topological polar surface area (TPSA) is 70.2 Å². The van der Waals surface area contributed by atoms with E-state index in [4.69, 9.17) is 0 Å². The first-order valence-corrected chi connectivity index (χ1v) is 4.56. The smallest absolute Gasteiger partial charge is 0.239 e. The van der Waals surface area contributed by atoms with Crippen molar-refractivity contribution >= 4 is 11.8 Å². The van der Waals surface area contributed by atoms with Crippen LogP contribution in [0.2, 0.25) is 0 Å². The van der Waals surface area contributed by atoms with Gasteiger partial charge in [0.15, 0.2) is 0 Å². The Kier molecular flexibility index (Phi) is 3.64. The summed E-state index contributed by atoms with van der Waals surface area (Å²) in [7, 11) is 0. The highest BCUT2D eigenvalue weighted by molar-refractivity contribution is 5.86. The number of nitrogens with one attached hydrogen (secondary N) is 3. The molecule has 5 nitrogen and oxygen atoms in total. The number of hydrogen-bond donors (Lipinski definition) is 3. The fraction of sp³-hybridized carbons (Fsp3) is 0.556. The molecule has 2 unspecified atom stereocenters. The third-order valence-corrected chi connectivity index (χ3v) is 2.05. The lowest BCUT2D eigenvalue weighted by molar-refractivity contribution is -0.126. The molecule has 2 atom stereocenters. The molecule has 14 heavy (non-hydrogen) atoms. The van der Waals surface area contributed by atoms with Gasteiger partial charge in [-0.15, -0.1) is 6.58 Å². The largest absolute Gasteiger partial charge is 0.353 e. The Morgan fingerprint density at radius 1 is 1.79 bits per heavy atom. The van der Waals surface area contributed by atoms with E-state index in [9.17, 15) is 9.59 Å². The van der Waals surface area contributed by atoms with Gasteiger partial charge in [0.1, 0.15) is 6.04 Å². The summed E-state index contributed by atoms with van der Waals surface area (Å²) >= 11 is 0. The number of hydrogen-bond acceptors (Lipinski definition) is 3. The minimum atomic E-state index is -0.338. The lowest BCUT2D eigenvalue weighted by Gasteiger charge is -2.24. The van der Waals surface area contributed by atoms with Crippen LogP contribution >= 0.6 is 0 Å². The summed E-state index contributed by atoms with van der Waals surface area (Å²) in [5.74, 6) is -0.191. The molecular weight excluding hydrogens is 182 g/mol. The van der Waals surface area contributed by atoms with Crippen LogP contribution in [-0.4, -0.2) is 37.0 Å². The average molecular weight is 197 g/mol. The highest BCUT2D eigenvalue weighted by atomic mass is 16.2. The van der Waals surface area contributed by atoms with E-state index in [1.54, 1.807) is 6.08 Å². The predicted octanol–water partition coefficient (Wildman–Crippen LogP) is -1.23. The van der Waals surface area contributed by atoms with E-state index >= 15 is 0 Å². The Morgan fingerprint density at radius 2 is 2.50 bits per heavy atom. The van der Waals surface area contributed by atoms with Gasteiger partial charge in [0.2, 0.25) is 11.8 Å². The van der Waals surface area contributed by atoms with E-state index in [1.165, 1.54) is 0 Å². The molecule has 0 saturated carbocycles. The van der Waals surface area contributed by atoms with Gasteiger partial charge in [0.05, 0.1) is 6.54 Å². The molecule has 0 aromatic carbocycles. The van der Waals surface area contributed by atoms with Crippen LogP contribution in [0.4, 0.5) is 0 Å². The van der Waals surface area contributed by atoms with Crippen molar-refractivity contribution in [3.05, 3.63) is 12.7 Å². The van der Waals surface area contributed by atoms with Crippen LogP contribution in [-0.2, 0) is 9.59 Å². The highest BCUT2D eigenvalue weighted by Crippen LogP contribution is 1.90. The number of carbonyl (C=O) groups is 2. The van der Waals surface area contributed by atoms with Crippen molar-refractivity contribution in [2.75, 3.05) is 13.1 Å². The van der Waals surface area contributed by atoms with Crippen LogP contribution in [0, 0.1) is 0 Å². The van der Waals surface area contributed by atoms with E-state index in [2.05, 4.69) is 22.5 Å². The molecule has 0 aromatic heterocycles. The Hall–Kier alpha value is -1.36. The van der Waals surface area contributed by atoms with Crippen molar-refractivity contribution in [3.63, 3.8) is 0 Å². The molecule has 2 amide bonds. The van der Waals surface area contributed by atoms with Gasteiger partial charge in [-0.3, -0.25) is 14.9 Å². The normalized spacial score (nSPS) is 23.5. The van der Waals surface area contributed by atoms with E-state index in [0.29, 0.717) is 6.54 Å². The first kappa shape index (κ1) is 10.7. The zero-order chi connectivity index (χ0) is 10.6. The lowest BCUT2D eigenvalue weighted by atomic mass is 10.2. The van der Waals surface area contributed by atoms with Crippen molar-refractivity contribution in [2.24, 2.45) is 0 Å². The summed E-state index contributed by atoms with van der Waals surface area (Å²) in [6, 6.07) is -0.392. The number of amides is 2. The Labute approximate surface area is 82.9 Å². The van der Waals surface area contributed by atoms with Crippen LogP contribution in [0.3, 0.4) is 0 Å². The fourth-order valence-corrected chi connectivity index (χ4v) is 1.14. The van der Waals surface area contributed by atoms with Gasteiger partial charge in [0.25, 0.3) is 0 Å². The van der Waals surface area contributed by atoms with Gasteiger partial charge in [-0.1, -0.05) is 6.08 Å². The lowest BCUT2D eigenvalue weighted by Crippen LogP contribution is -2.58. The van der Waals surface area contributed by atoms with Crippen LogP contribution in [0.1, 0.15) is 6.92 Å². The fourth-order valence-electron chi connectivity index (χ4n) is 1.14. The van der Waals surface area contributed by atoms with Gasteiger partial charge in [-0.05, 0) is 6.92 Å². The second kappa shape index (κ2) is 4.76. The molecule has 1 heterocycles. The molecule has 0 aliphatic carbocycles. The van der Waals surface area contributed by atoms with Gasteiger partial charge in [0, 0.05) is 12.6 Å². The van der Waals surface area contributed by atoms with Gasteiger partial charge in [-0.2, -0.15) is 0 Å². The van der Waals surface area contributed by atoms with Crippen molar-refractivity contribution in [1.29, 1.82) is 0 Å². The molecule has 0 radical (unpaired) electrons. The third-order valence-electron chi connectivity index (χ3n) is 2.05. The quantitative estimate of drug-likeness (QED) is 0.496. The Bertz CT molecular complexity index is 242. The van der Waals surface area contributed by atoms with Gasteiger partial charge >= 0.3 is 0 Å². The maximum atomic E-state index is 11.5. The second-order valence-corrected chi connectivity index (χ2v) is 3.27. The summed E-state index contributed by atoms with van der Waals surface area (Å²) in [6.45, 7) is 5.94. The number of piperazine rings is 1. The van der Waals surface area contributed by atoms with Crippen LogP contribution in [0.25, 0.3) is 0 Å². The molecule has 5 heteroatoms. The highest BCUT2D eigenvalue weighted by Gasteiger charge is 2.23. The summed E-state index contributed by atoms with van der Waals surface area (Å²) in [4.78, 5) is 22.3. The molecular formula is C9H15N3O2. The molecule has 0 bridgehead atoms.